The van der Waals surface area contributed by atoms with Gasteiger partial charge in [0.2, 0.25) is 0 Å². The molecule has 3 N–H and O–H groups in total. The molecule has 0 unspecified atom stereocenters. The summed E-state index contributed by atoms with van der Waals surface area (Å²) >= 11 is 0. The van der Waals surface area contributed by atoms with E-state index >= 15 is 0 Å². The zero-order chi connectivity index (χ0) is 12.0. The van der Waals surface area contributed by atoms with E-state index in [0.717, 1.165) is 12.0 Å². The topological polar surface area (TPSA) is 59.1 Å². The van der Waals surface area contributed by atoms with Crippen molar-refractivity contribution in [3.8, 4) is 0 Å². The monoisotopic (exact) mass is 220 g/mol. The molecule has 1 rings (SSSR count). The Morgan fingerprint density at radius 1 is 1.38 bits per heavy atom. The molecule has 0 atom stereocenters. The molecule has 0 aliphatic rings. The molecule has 0 amide bonds. The fraction of sp³-hybridized carbons (Fsp3) is 0.462. The van der Waals surface area contributed by atoms with Gasteiger partial charge in [0.1, 0.15) is 0 Å². The highest BCUT2D eigenvalue weighted by Crippen LogP contribution is 2.16. The number of ether oxygens (including phenoxy) is 1. The zero-order valence-electron chi connectivity index (χ0n) is 10.0. The number of aryl methyl sites for hydroxylation is 1. The Balaban J connectivity index is 2.95. The summed E-state index contributed by atoms with van der Waals surface area (Å²) in [6, 6.07) is 6.17. The third kappa shape index (κ3) is 3.15. The molecule has 0 radical (unpaired) electrons. The van der Waals surface area contributed by atoms with Gasteiger partial charge in [0.05, 0.1) is 6.61 Å². The predicted octanol–water partition coefficient (Wildman–Crippen LogP) is 1.92. The lowest BCUT2D eigenvalue weighted by Crippen LogP contribution is -2.13. The summed E-state index contributed by atoms with van der Waals surface area (Å²) in [5.74, 6) is 0. The van der Waals surface area contributed by atoms with Gasteiger partial charge in [-0.3, -0.25) is 0 Å². The average Bonchev–Trinajstić information content (AvgIpc) is 2.29. The van der Waals surface area contributed by atoms with E-state index in [-0.39, 0.29) is 0 Å². The van der Waals surface area contributed by atoms with Crippen molar-refractivity contribution in [2.24, 2.45) is 5.73 Å². The van der Waals surface area contributed by atoms with Gasteiger partial charge in [-0.15, -0.1) is 0 Å². The third-order valence-corrected chi connectivity index (χ3v) is 2.68. The van der Waals surface area contributed by atoms with E-state index in [1.807, 2.05) is 12.1 Å². The maximum atomic E-state index is 7.80. The minimum absolute atomic E-state index is 0.391. The molecule has 3 nitrogen and oxygen atoms in total. The van der Waals surface area contributed by atoms with Crippen LogP contribution in [0.2, 0.25) is 0 Å². The molecular formula is C13H20N2O. The van der Waals surface area contributed by atoms with E-state index in [4.69, 9.17) is 15.9 Å². The smallest absolute Gasteiger partial charge is 0.0841 e. The quantitative estimate of drug-likeness (QED) is 0.719. The third-order valence-electron chi connectivity index (χ3n) is 2.68. The van der Waals surface area contributed by atoms with Gasteiger partial charge in [-0.25, -0.2) is 0 Å². The van der Waals surface area contributed by atoms with E-state index in [1.54, 1.807) is 7.11 Å². The summed E-state index contributed by atoms with van der Waals surface area (Å²) in [5.41, 5.74) is 9.94. The Kier molecular flexibility index (Phi) is 5.15. The molecule has 0 aliphatic carbocycles. The predicted molar refractivity (Wildman–Crippen MR) is 67.0 cm³/mol. The molecule has 1 aromatic rings. The number of methoxy groups -OCH3 is 1. The minimum atomic E-state index is 0.391. The van der Waals surface area contributed by atoms with Crippen LogP contribution in [0.4, 0.5) is 0 Å². The second-order valence-corrected chi connectivity index (χ2v) is 3.83. The lowest BCUT2D eigenvalue weighted by atomic mass is 9.95. The standard InChI is InChI=1S/C13H20N2O/c1-3-10-5-4-6-11(8-14)13(10)7-12(15)9-16-2/h4-6,15H,3,7-9,14H2,1-2H3. The first-order valence-electron chi connectivity index (χ1n) is 5.57. The molecular weight excluding hydrogens is 200 g/mol. The van der Waals surface area contributed by atoms with Crippen LogP contribution in [-0.2, 0) is 24.1 Å². The highest BCUT2D eigenvalue weighted by atomic mass is 16.5. The zero-order valence-corrected chi connectivity index (χ0v) is 10.0. The first-order chi connectivity index (χ1) is 7.72. The van der Waals surface area contributed by atoms with E-state index < -0.39 is 0 Å². The summed E-state index contributed by atoms with van der Waals surface area (Å²) in [5, 5.41) is 7.80. The summed E-state index contributed by atoms with van der Waals surface area (Å²) in [6.07, 6.45) is 1.62. The lowest BCUT2D eigenvalue weighted by Gasteiger charge is -2.13. The van der Waals surface area contributed by atoms with Gasteiger partial charge >= 0.3 is 0 Å². The van der Waals surface area contributed by atoms with Gasteiger partial charge in [-0.05, 0) is 23.1 Å². The molecule has 0 saturated carbocycles. The molecule has 1 aromatic carbocycles. The Bertz CT molecular complexity index is 339. The molecule has 3 heteroatoms. The molecule has 16 heavy (non-hydrogen) atoms. The first kappa shape index (κ1) is 12.9. The fourth-order valence-corrected chi connectivity index (χ4v) is 1.88. The molecule has 0 fully saturated rings. The number of hydrogen-bond donors (Lipinski definition) is 2. The highest BCUT2D eigenvalue weighted by molar-refractivity contribution is 5.85. The van der Waals surface area contributed by atoms with E-state index in [2.05, 4.69) is 13.0 Å². The Labute approximate surface area is 97.1 Å². The first-order valence-corrected chi connectivity index (χ1v) is 5.57. The number of benzene rings is 1. The van der Waals surface area contributed by atoms with Gasteiger partial charge in [0.25, 0.3) is 0 Å². The van der Waals surface area contributed by atoms with Crippen molar-refractivity contribution < 1.29 is 4.74 Å². The fourth-order valence-electron chi connectivity index (χ4n) is 1.88. The number of hydrogen-bond acceptors (Lipinski definition) is 3. The van der Waals surface area contributed by atoms with Crippen LogP contribution in [0.5, 0.6) is 0 Å². The second-order valence-electron chi connectivity index (χ2n) is 3.83. The van der Waals surface area contributed by atoms with Crippen molar-refractivity contribution in [2.75, 3.05) is 13.7 Å². The van der Waals surface area contributed by atoms with Crippen molar-refractivity contribution >= 4 is 5.71 Å². The van der Waals surface area contributed by atoms with Crippen LogP contribution in [0.25, 0.3) is 0 Å². The van der Waals surface area contributed by atoms with Crippen molar-refractivity contribution in [1.29, 1.82) is 5.41 Å². The summed E-state index contributed by atoms with van der Waals surface area (Å²) in [7, 11) is 1.62. The lowest BCUT2D eigenvalue weighted by molar-refractivity contribution is 0.243. The molecule has 88 valence electrons. The summed E-state index contributed by atoms with van der Waals surface area (Å²) < 4.78 is 4.97. The van der Waals surface area contributed by atoms with Crippen LogP contribution in [-0.4, -0.2) is 19.4 Å². The molecule has 0 spiro atoms. The molecule has 0 heterocycles. The van der Waals surface area contributed by atoms with Crippen molar-refractivity contribution in [3.05, 3.63) is 34.9 Å². The van der Waals surface area contributed by atoms with Crippen molar-refractivity contribution in [3.63, 3.8) is 0 Å². The molecule has 0 aromatic heterocycles. The van der Waals surface area contributed by atoms with E-state index in [1.165, 1.54) is 11.1 Å². The van der Waals surface area contributed by atoms with E-state index in [0.29, 0.717) is 25.3 Å². The van der Waals surface area contributed by atoms with Gasteiger partial charge in [-0.2, -0.15) is 0 Å². The summed E-state index contributed by atoms with van der Waals surface area (Å²) in [4.78, 5) is 0. The van der Waals surface area contributed by atoms with Crippen LogP contribution in [0.15, 0.2) is 18.2 Å². The maximum absolute atomic E-state index is 7.80. The minimum Gasteiger partial charge on any atom is -0.379 e. The van der Waals surface area contributed by atoms with Gasteiger partial charge in [0.15, 0.2) is 0 Å². The van der Waals surface area contributed by atoms with Crippen LogP contribution in [0.3, 0.4) is 0 Å². The Morgan fingerprint density at radius 2 is 2.06 bits per heavy atom. The number of rotatable bonds is 6. The Morgan fingerprint density at radius 3 is 2.62 bits per heavy atom. The summed E-state index contributed by atoms with van der Waals surface area (Å²) in [6.45, 7) is 3.05. The van der Waals surface area contributed by atoms with Crippen LogP contribution in [0, 0.1) is 5.41 Å². The maximum Gasteiger partial charge on any atom is 0.0841 e. The van der Waals surface area contributed by atoms with Gasteiger partial charge < -0.3 is 15.9 Å². The Hall–Kier alpha value is -1.19. The largest absolute Gasteiger partial charge is 0.379 e. The van der Waals surface area contributed by atoms with Crippen molar-refractivity contribution in [2.45, 2.75) is 26.3 Å². The average molecular weight is 220 g/mol. The molecule has 0 bridgehead atoms. The van der Waals surface area contributed by atoms with Crippen LogP contribution in [0.1, 0.15) is 23.6 Å². The number of nitrogens with two attached hydrogens (primary N) is 1. The normalized spacial score (nSPS) is 10.4. The highest BCUT2D eigenvalue weighted by Gasteiger charge is 2.08. The van der Waals surface area contributed by atoms with Gasteiger partial charge in [-0.1, -0.05) is 25.1 Å². The van der Waals surface area contributed by atoms with Crippen molar-refractivity contribution in [1.82, 2.24) is 0 Å². The SMILES string of the molecule is CCc1cccc(CN)c1CC(=N)COC. The van der Waals surface area contributed by atoms with Crippen LogP contribution >= 0.6 is 0 Å². The van der Waals surface area contributed by atoms with Gasteiger partial charge in [0, 0.05) is 25.8 Å². The molecule has 0 saturated heterocycles. The second kappa shape index (κ2) is 6.40. The van der Waals surface area contributed by atoms with Crippen LogP contribution < -0.4 is 5.73 Å². The van der Waals surface area contributed by atoms with E-state index in [9.17, 15) is 0 Å². The number of nitrogens with one attached hydrogen (secondary N) is 1. The molecule has 0 aliphatic heterocycles.